The molecule has 3 aliphatic heterocycles. The van der Waals surface area contributed by atoms with E-state index in [0.29, 0.717) is 37.5 Å². The van der Waals surface area contributed by atoms with E-state index in [4.69, 9.17) is 19.4 Å². The number of nitrogens with one attached hydrogen (secondary N) is 2. The molecule has 0 spiro atoms. The van der Waals surface area contributed by atoms with Crippen molar-refractivity contribution in [2.24, 2.45) is 11.3 Å². The van der Waals surface area contributed by atoms with Gasteiger partial charge in [-0.05, 0) is 75.3 Å². The first-order valence-electron chi connectivity index (χ1n) is 21.4. The smallest absolute Gasteiger partial charge is 0.355 e. The Balaban J connectivity index is 1.32. The summed E-state index contributed by atoms with van der Waals surface area (Å²) in [5.74, 6) is -2.20. The van der Waals surface area contributed by atoms with Gasteiger partial charge in [-0.15, -0.1) is 11.3 Å². The molecule has 2 fully saturated rings. The van der Waals surface area contributed by atoms with Crippen LogP contribution in [0.2, 0.25) is 0 Å². The van der Waals surface area contributed by atoms with Crippen LogP contribution in [0.3, 0.4) is 0 Å². The van der Waals surface area contributed by atoms with Crippen molar-refractivity contribution in [3.05, 3.63) is 58.2 Å². The van der Waals surface area contributed by atoms with Gasteiger partial charge in [0.15, 0.2) is 0 Å². The van der Waals surface area contributed by atoms with E-state index in [-0.39, 0.29) is 44.0 Å². The highest BCUT2D eigenvalue weighted by Gasteiger charge is 2.45. The fraction of sp³-hybridized carbons (Fsp3) is 0.556. The van der Waals surface area contributed by atoms with Gasteiger partial charge in [-0.1, -0.05) is 33.8 Å². The molecule has 3 aromatic heterocycles. The van der Waals surface area contributed by atoms with Gasteiger partial charge < -0.3 is 34.3 Å². The Morgan fingerprint density at radius 2 is 1.89 bits per heavy atom. The van der Waals surface area contributed by atoms with Crippen LogP contribution in [0.15, 0.2) is 41.9 Å². The number of urea groups is 1. The number of rotatable bonds is 8. The van der Waals surface area contributed by atoms with E-state index in [2.05, 4.69) is 46.5 Å². The molecule has 61 heavy (non-hydrogen) atoms. The minimum Gasteiger partial charge on any atom is -0.462 e. The van der Waals surface area contributed by atoms with E-state index >= 15 is 0 Å². The van der Waals surface area contributed by atoms with Crippen molar-refractivity contribution in [3.63, 3.8) is 0 Å². The molecule has 6 bridgehead atoms. The molecule has 0 unspecified atom stereocenters. The maximum absolute atomic E-state index is 14.5. The number of aryl methyl sites for hydroxylation is 1. The van der Waals surface area contributed by atoms with Crippen molar-refractivity contribution < 1.29 is 33.8 Å². The number of thiazole rings is 1. The monoisotopic (exact) mass is 856 g/mol. The van der Waals surface area contributed by atoms with Gasteiger partial charge in [-0.3, -0.25) is 19.6 Å². The van der Waals surface area contributed by atoms with Crippen molar-refractivity contribution in [2.75, 3.05) is 40.4 Å². The third kappa shape index (κ3) is 8.90. The van der Waals surface area contributed by atoms with Gasteiger partial charge in [-0.25, -0.2) is 14.6 Å². The number of hydrogen-bond donors (Lipinski definition) is 3. The minimum absolute atomic E-state index is 0.0140. The van der Waals surface area contributed by atoms with Crippen LogP contribution in [0.25, 0.3) is 33.4 Å². The zero-order valence-electron chi connectivity index (χ0n) is 36.6. The lowest BCUT2D eigenvalue weighted by molar-refractivity contribution is -0.189. The summed E-state index contributed by atoms with van der Waals surface area (Å²) < 4.78 is 14.0. The maximum Gasteiger partial charge on any atom is 0.355 e. The zero-order valence-corrected chi connectivity index (χ0v) is 37.4. The number of hydrazine groups is 1. The molecule has 1 aromatic carbocycles. The number of esters is 1. The summed E-state index contributed by atoms with van der Waals surface area (Å²) in [5, 5.41) is 19.5. The third-order valence-electron chi connectivity index (χ3n) is 12.2. The third-order valence-corrected chi connectivity index (χ3v) is 13.1. The van der Waals surface area contributed by atoms with Gasteiger partial charge in [0.05, 0.1) is 34.8 Å². The van der Waals surface area contributed by atoms with E-state index in [1.54, 1.807) is 25.3 Å². The van der Waals surface area contributed by atoms with E-state index in [9.17, 15) is 24.3 Å². The largest absolute Gasteiger partial charge is 0.462 e. The molecule has 6 heterocycles. The summed E-state index contributed by atoms with van der Waals surface area (Å²) in [6, 6.07) is 8.06. The van der Waals surface area contributed by atoms with E-state index in [1.165, 1.54) is 21.2 Å². The van der Waals surface area contributed by atoms with E-state index < -0.39 is 41.0 Å². The van der Waals surface area contributed by atoms with Gasteiger partial charge in [0, 0.05) is 92.2 Å². The van der Waals surface area contributed by atoms with Gasteiger partial charge in [0.2, 0.25) is 11.6 Å². The molecule has 2 saturated heterocycles. The maximum atomic E-state index is 14.5. The number of fused-ring (bicyclic) bond motifs is 6. The number of aliphatic hydroxyl groups is 1. The van der Waals surface area contributed by atoms with E-state index in [0.717, 1.165) is 57.5 Å². The highest BCUT2D eigenvalue weighted by atomic mass is 32.1. The van der Waals surface area contributed by atoms with Gasteiger partial charge in [0.1, 0.15) is 12.1 Å². The molecule has 3 N–H and O–H groups in total. The number of likely N-dealkylation sites (N-methyl/N-ethyl adjacent to an activating group) is 1. The Labute approximate surface area is 361 Å². The number of amides is 4. The predicted octanol–water partition coefficient (Wildman–Crippen LogP) is 5.69. The molecule has 16 heteroatoms. The topological polar surface area (TPSA) is 171 Å². The Kier molecular flexibility index (Phi) is 12.9. The van der Waals surface area contributed by atoms with Gasteiger partial charge in [0.25, 0.3) is 5.91 Å². The second-order valence-electron chi connectivity index (χ2n) is 17.8. The quantitative estimate of drug-likeness (QED) is 0.187. The minimum atomic E-state index is -2.19. The van der Waals surface area contributed by atoms with E-state index in [1.807, 2.05) is 46.1 Å². The SMILES string of the molecule is CCn1c(-c2cccnc2[C@H](C)OC)c2c3cc(ccc31)-c1csc(n1)C[C@H](NC(=O)[C@H](C(C)C)N(C)C(=O)N1CCCC1)C(=O)N1CCC[C@@](O)(N1)C(=O)OCC(C)(C)C2. The Morgan fingerprint density at radius 3 is 2.59 bits per heavy atom. The predicted molar refractivity (Wildman–Crippen MR) is 233 cm³/mol. The number of hydrogen-bond acceptors (Lipinski definition) is 11. The van der Waals surface area contributed by atoms with Crippen LogP contribution in [0.1, 0.15) is 89.6 Å². The molecule has 7 rings (SSSR count). The molecule has 4 atom stereocenters. The first-order valence-corrected chi connectivity index (χ1v) is 22.3. The number of nitrogens with zero attached hydrogens (tertiary/aromatic N) is 6. The normalized spacial score (nSPS) is 21.9. The molecule has 15 nitrogen and oxygen atoms in total. The van der Waals surface area contributed by atoms with Crippen LogP contribution in [0, 0.1) is 11.3 Å². The van der Waals surface area contributed by atoms with Crippen LogP contribution < -0.4 is 10.7 Å². The second-order valence-corrected chi connectivity index (χ2v) is 18.7. The number of cyclic esters (lactones) is 1. The zero-order chi connectivity index (χ0) is 43.8. The van der Waals surface area contributed by atoms with Crippen molar-refractivity contribution in [1.29, 1.82) is 0 Å². The molecule has 0 aliphatic carbocycles. The number of benzene rings is 1. The molecular formula is C45H60N8O7S. The Hall–Kier alpha value is -4.90. The number of pyridine rings is 1. The Bertz CT molecular complexity index is 2280. The summed E-state index contributed by atoms with van der Waals surface area (Å²) in [6.07, 6.45) is 4.17. The summed E-state index contributed by atoms with van der Waals surface area (Å²) in [5.41, 5.74) is 6.41. The number of carbonyl (C=O) groups is 4. The first kappa shape index (κ1) is 44.2. The van der Waals surface area contributed by atoms with Crippen LogP contribution >= 0.6 is 11.3 Å². The number of carbonyl (C=O) groups excluding carboxylic acids is 4. The highest BCUT2D eigenvalue weighted by Crippen LogP contribution is 2.42. The lowest BCUT2D eigenvalue weighted by atomic mass is 9.84. The second kappa shape index (κ2) is 17.8. The van der Waals surface area contributed by atoms with Crippen LogP contribution in [-0.2, 0) is 43.2 Å². The number of likely N-dealkylation sites (tertiary alicyclic amines) is 1. The molecule has 3 aliphatic rings. The van der Waals surface area contributed by atoms with Gasteiger partial charge >= 0.3 is 12.0 Å². The van der Waals surface area contributed by atoms with Crippen LogP contribution in [0.4, 0.5) is 4.79 Å². The highest BCUT2D eigenvalue weighted by molar-refractivity contribution is 7.10. The van der Waals surface area contributed by atoms with Crippen molar-refractivity contribution in [2.45, 2.75) is 111 Å². The lowest BCUT2D eigenvalue weighted by Gasteiger charge is -2.40. The molecule has 0 radical (unpaired) electrons. The summed E-state index contributed by atoms with van der Waals surface area (Å²) in [7, 11) is 3.29. The molecule has 4 aromatic rings. The fourth-order valence-electron chi connectivity index (χ4n) is 9.04. The average Bonchev–Trinajstić information content (AvgIpc) is 4.01. The van der Waals surface area contributed by atoms with Gasteiger partial charge in [-0.2, -0.15) is 5.43 Å². The Morgan fingerprint density at radius 1 is 1.13 bits per heavy atom. The van der Waals surface area contributed by atoms with Crippen molar-refractivity contribution in [3.8, 4) is 22.5 Å². The molecule has 4 amide bonds. The van der Waals surface area contributed by atoms with Crippen LogP contribution in [-0.4, -0.2) is 116 Å². The lowest BCUT2D eigenvalue weighted by Crippen LogP contribution is -2.67. The van der Waals surface area contributed by atoms with Crippen molar-refractivity contribution in [1.82, 2.24) is 40.1 Å². The summed E-state index contributed by atoms with van der Waals surface area (Å²) >= 11 is 1.38. The molecule has 0 saturated carbocycles. The number of ether oxygens (including phenoxy) is 2. The van der Waals surface area contributed by atoms with Crippen LogP contribution in [0.5, 0.6) is 0 Å². The first-order chi connectivity index (χ1) is 29.1. The number of aromatic nitrogens is 3. The number of methoxy groups -OCH3 is 1. The average molecular weight is 857 g/mol. The standard InChI is InChI=1S/C45H60N8O7S/c1-9-52-35-16-15-29-22-31(35)32(39(52)30-14-12-18-46-37(30)28(4)59-8)24-44(5,6)26-60-42(56)45(58)17-13-21-53(49-45)41(55)33(23-36-47-34(29)25-61-36)48-40(54)38(27(2)3)50(7)43(57)51-19-10-11-20-51/h12,14-16,18,22,25,27-28,33,38,49,58H,9-11,13,17,19-21,23-24,26H2,1-8H3,(H,48,54)/t28-,33-,38-,45-/m0/s1. The summed E-state index contributed by atoms with van der Waals surface area (Å²) in [6.45, 7) is 14.0. The molecular weight excluding hydrogens is 797 g/mol. The summed E-state index contributed by atoms with van der Waals surface area (Å²) in [4.78, 5) is 69.2. The van der Waals surface area contributed by atoms with Crippen molar-refractivity contribution >= 4 is 46.1 Å². The molecule has 328 valence electrons. The fourth-order valence-corrected chi connectivity index (χ4v) is 9.89.